The molecule has 150 valence electrons. The minimum absolute atomic E-state index is 0.114. The van der Waals surface area contributed by atoms with Gasteiger partial charge >= 0.3 is 0 Å². The maximum absolute atomic E-state index is 13.6. The number of hydrogen-bond donors (Lipinski definition) is 0. The van der Waals surface area contributed by atoms with Crippen LogP contribution in [0.3, 0.4) is 0 Å². The normalized spacial score (nSPS) is 19.1. The molecule has 6 nitrogen and oxygen atoms in total. The number of sulfonamides is 1. The number of fused-ring (bicyclic) bond motifs is 1. The minimum atomic E-state index is -3.93. The molecule has 9 heteroatoms. The number of hydrogen-bond acceptors (Lipinski definition) is 6. The summed E-state index contributed by atoms with van der Waals surface area (Å²) in [5, 5.41) is 7.60. The Bertz CT molecular complexity index is 1100. The first-order valence-electron chi connectivity index (χ1n) is 9.25. The SMILES string of the molecule is CCCC1=NN2C(=S)N(S(=O)(=O)c3ccc(C)cc3)C(c3ccccc3)N=C2S1. The standard InChI is InChI=1S/C20H20N4O2S3/c1-3-7-17-22-23-19(28-17)21-18(15-8-5-4-6-9-15)24(20(23)27)29(25,26)16-12-10-14(2)11-13-16/h4-6,8-13,18H,3,7H2,1-2H3. The van der Waals surface area contributed by atoms with Gasteiger partial charge in [-0.1, -0.05) is 55.0 Å². The van der Waals surface area contributed by atoms with E-state index in [1.54, 1.807) is 24.3 Å². The van der Waals surface area contributed by atoms with E-state index >= 15 is 0 Å². The largest absolute Gasteiger partial charge is 0.268 e. The predicted molar refractivity (Wildman–Crippen MR) is 121 cm³/mol. The molecule has 0 N–H and O–H groups in total. The van der Waals surface area contributed by atoms with Gasteiger partial charge in [0.05, 0.1) is 4.90 Å². The van der Waals surface area contributed by atoms with Crippen LogP contribution in [0.2, 0.25) is 0 Å². The van der Waals surface area contributed by atoms with Crippen LogP contribution in [-0.2, 0) is 10.0 Å². The Balaban J connectivity index is 1.83. The molecule has 29 heavy (non-hydrogen) atoms. The molecule has 4 rings (SSSR count). The van der Waals surface area contributed by atoms with Crippen LogP contribution in [0, 0.1) is 6.92 Å². The van der Waals surface area contributed by atoms with Crippen LogP contribution in [-0.4, -0.2) is 33.1 Å². The number of hydrazone groups is 1. The van der Waals surface area contributed by atoms with E-state index in [2.05, 4.69) is 12.0 Å². The van der Waals surface area contributed by atoms with Crippen LogP contribution in [0.5, 0.6) is 0 Å². The molecule has 2 aliphatic rings. The smallest absolute Gasteiger partial charge is 0.229 e. The van der Waals surface area contributed by atoms with Gasteiger partial charge in [0.25, 0.3) is 10.0 Å². The molecule has 2 heterocycles. The average Bonchev–Trinajstić information content (AvgIpc) is 3.12. The van der Waals surface area contributed by atoms with Crippen molar-refractivity contribution in [2.24, 2.45) is 10.1 Å². The number of benzene rings is 2. The molecule has 0 aromatic heterocycles. The maximum Gasteiger partial charge on any atom is 0.268 e. The number of thioether (sulfide) groups is 1. The quantitative estimate of drug-likeness (QED) is 0.635. The van der Waals surface area contributed by atoms with Gasteiger partial charge in [0.2, 0.25) is 5.11 Å². The topological polar surface area (TPSA) is 65.3 Å². The molecule has 0 aliphatic carbocycles. The number of thiocarbonyl (C=S) groups is 1. The molecule has 1 unspecified atom stereocenters. The van der Waals surface area contributed by atoms with E-state index in [4.69, 9.17) is 17.2 Å². The molecule has 0 amide bonds. The zero-order chi connectivity index (χ0) is 20.6. The van der Waals surface area contributed by atoms with Crippen LogP contribution >= 0.6 is 24.0 Å². The third-order valence-electron chi connectivity index (χ3n) is 4.57. The lowest BCUT2D eigenvalue weighted by Gasteiger charge is -2.36. The first-order chi connectivity index (χ1) is 13.9. The van der Waals surface area contributed by atoms with E-state index in [-0.39, 0.29) is 10.0 Å². The fraction of sp³-hybridized carbons (Fsp3) is 0.250. The van der Waals surface area contributed by atoms with Crippen LogP contribution in [0.25, 0.3) is 0 Å². The summed E-state index contributed by atoms with van der Waals surface area (Å²) in [5.74, 6) is 0. The molecular weight excluding hydrogens is 424 g/mol. The first kappa shape index (κ1) is 20.1. The van der Waals surface area contributed by atoms with Gasteiger partial charge in [0.15, 0.2) is 11.3 Å². The molecule has 0 saturated carbocycles. The third kappa shape index (κ3) is 3.70. The fourth-order valence-corrected chi connectivity index (χ4v) is 6.10. The lowest BCUT2D eigenvalue weighted by atomic mass is 10.2. The Morgan fingerprint density at radius 1 is 1.10 bits per heavy atom. The van der Waals surface area contributed by atoms with Crippen molar-refractivity contribution >= 4 is 49.3 Å². The lowest BCUT2D eigenvalue weighted by Crippen LogP contribution is -2.49. The van der Waals surface area contributed by atoms with Crippen LogP contribution in [0.15, 0.2) is 69.6 Å². The highest BCUT2D eigenvalue weighted by Crippen LogP contribution is 2.38. The van der Waals surface area contributed by atoms with Gasteiger partial charge in [-0.3, -0.25) is 0 Å². The van der Waals surface area contributed by atoms with E-state index in [9.17, 15) is 8.42 Å². The number of nitrogens with zero attached hydrogens (tertiary/aromatic N) is 4. The molecular formula is C20H20N4O2S3. The summed E-state index contributed by atoms with van der Waals surface area (Å²) in [6.07, 6.45) is 0.960. The molecule has 0 bridgehead atoms. The second-order valence-corrected chi connectivity index (χ2v) is 9.97. The van der Waals surface area contributed by atoms with Crippen LogP contribution < -0.4 is 0 Å². The van der Waals surface area contributed by atoms with Gasteiger partial charge in [0, 0.05) is 0 Å². The monoisotopic (exact) mass is 444 g/mol. The molecule has 0 saturated heterocycles. The molecule has 0 fully saturated rings. The van der Waals surface area contributed by atoms with Crippen LogP contribution in [0.1, 0.15) is 37.1 Å². The Hall–Kier alpha value is -2.23. The van der Waals surface area contributed by atoms with Gasteiger partial charge in [-0.05, 0) is 61.4 Å². The highest BCUT2D eigenvalue weighted by Gasteiger charge is 2.44. The van der Waals surface area contributed by atoms with Crippen LogP contribution in [0.4, 0.5) is 0 Å². The predicted octanol–water partition coefficient (Wildman–Crippen LogP) is 4.50. The van der Waals surface area contributed by atoms with Crippen molar-refractivity contribution in [2.45, 2.75) is 37.8 Å². The van der Waals surface area contributed by atoms with E-state index < -0.39 is 16.2 Å². The van der Waals surface area contributed by atoms with E-state index in [0.717, 1.165) is 29.0 Å². The highest BCUT2D eigenvalue weighted by molar-refractivity contribution is 8.27. The first-order valence-corrected chi connectivity index (χ1v) is 11.9. The summed E-state index contributed by atoms with van der Waals surface area (Å²) in [5.41, 5.74) is 1.73. The maximum atomic E-state index is 13.6. The summed E-state index contributed by atoms with van der Waals surface area (Å²) >= 11 is 7.07. The number of rotatable bonds is 5. The van der Waals surface area contributed by atoms with Crippen molar-refractivity contribution in [1.29, 1.82) is 0 Å². The number of aliphatic imine (C=N–C) groups is 1. The Labute approximate surface area is 180 Å². The number of amidine groups is 1. The van der Waals surface area contributed by atoms with Crippen molar-refractivity contribution < 1.29 is 8.42 Å². The zero-order valence-electron chi connectivity index (χ0n) is 16.0. The second-order valence-electron chi connectivity index (χ2n) is 6.75. The lowest BCUT2D eigenvalue weighted by molar-refractivity contribution is 0.399. The van der Waals surface area contributed by atoms with Crippen molar-refractivity contribution in [1.82, 2.24) is 9.31 Å². The molecule has 2 aromatic rings. The summed E-state index contributed by atoms with van der Waals surface area (Å²) in [4.78, 5) is 4.91. The van der Waals surface area contributed by atoms with Gasteiger partial charge in [0.1, 0.15) is 5.04 Å². The summed E-state index contributed by atoms with van der Waals surface area (Å²) in [7, 11) is -3.93. The Morgan fingerprint density at radius 2 is 1.79 bits per heavy atom. The number of aryl methyl sites for hydroxylation is 1. The third-order valence-corrected chi connectivity index (χ3v) is 7.79. The average molecular weight is 445 g/mol. The van der Waals surface area contributed by atoms with Crippen molar-refractivity contribution in [3.05, 3.63) is 65.7 Å². The molecule has 2 aliphatic heterocycles. The van der Waals surface area contributed by atoms with Crippen molar-refractivity contribution in [3.63, 3.8) is 0 Å². The van der Waals surface area contributed by atoms with Gasteiger partial charge in [-0.2, -0.15) is 10.1 Å². The second kappa shape index (κ2) is 7.89. The zero-order valence-corrected chi connectivity index (χ0v) is 18.5. The van der Waals surface area contributed by atoms with Gasteiger partial charge < -0.3 is 0 Å². The molecule has 1 atom stereocenters. The Kier molecular flexibility index (Phi) is 5.46. The van der Waals surface area contributed by atoms with Crippen molar-refractivity contribution in [2.75, 3.05) is 0 Å². The van der Waals surface area contributed by atoms with Gasteiger partial charge in [-0.25, -0.2) is 17.7 Å². The molecule has 2 aromatic carbocycles. The highest BCUT2D eigenvalue weighted by atomic mass is 32.2. The minimum Gasteiger partial charge on any atom is -0.229 e. The van der Waals surface area contributed by atoms with Crippen molar-refractivity contribution in [3.8, 4) is 0 Å². The summed E-state index contributed by atoms with van der Waals surface area (Å²) in [6, 6.07) is 16.1. The van der Waals surface area contributed by atoms with Gasteiger partial charge in [-0.15, -0.1) is 0 Å². The Morgan fingerprint density at radius 3 is 2.45 bits per heavy atom. The van der Waals surface area contributed by atoms with E-state index in [1.165, 1.54) is 21.1 Å². The van der Waals surface area contributed by atoms with E-state index in [1.807, 2.05) is 37.3 Å². The van der Waals surface area contributed by atoms with E-state index in [0.29, 0.717) is 5.17 Å². The summed E-state index contributed by atoms with van der Waals surface area (Å²) < 4.78 is 28.4. The fourth-order valence-electron chi connectivity index (χ4n) is 3.09. The molecule has 0 radical (unpaired) electrons. The summed E-state index contributed by atoms with van der Waals surface area (Å²) in [6.45, 7) is 3.98. The molecule has 0 spiro atoms.